The summed E-state index contributed by atoms with van der Waals surface area (Å²) in [6.07, 6.45) is 8.42. The average molecular weight is 431 g/mol. The molecule has 0 radical (unpaired) electrons. The topological polar surface area (TPSA) is 26.3 Å². The molecule has 166 valence electrons. The predicted octanol–water partition coefficient (Wildman–Crippen LogP) is 6.89. The Labute approximate surface area is 191 Å². The highest BCUT2D eigenvalue weighted by Gasteiger charge is 2.27. The van der Waals surface area contributed by atoms with E-state index in [9.17, 15) is 9.18 Å². The summed E-state index contributed by atoms with van der Waals surface area (Å²) < 4.78 is 20.0. The van der Waals surface area contributed by atoms with E-state index in [1.807, 2.05) is 31.2 Å². The van der Waals surface area contributed by atoms with Crippen molar-refractivity contribution in [3.8, 4) is 29.4 Å². The lowest BCUT2D eigenvalue weighted by atomic mass is 9.80. The second-order valence-corrected chi connectivity index (χ2v) is 8.41. The van der Waals surface area contributed by atoms with Gasteiger partial charge in [-0.25, -0.2) is 4.39 Å². The van der Waals surface area contributed by atoms with E-state index in [-0.39, 0.29) is 23.2 Å². The summed E-state index contributed by atoms with van der Waals surface area (Å²) >= 11 is 0. The molecular weight excluding hydrogens is 399 g/mol. The molecule has 1 fully saturated rings. The molecule has 3 heteroatoms. The molecule has 0 unspecified atom stereocenters. The summed E-state index contributed by atoms with van der Waals surface area (Å²) in [5.41, 5.74) is 2.00. The first-order valence-electron chi connectivity index (χ1n) is 11.7. The van der Waals surface area contributed by atoms with Crippen LogP contribution in [0.25, 0.3) is 0 Å². The molecule has 0 aliphatic heterocycles. The second kappa shape index (κ2) is 12.1. The van der Waals surface area contributed by atoms with E-state index in [1.165, 1.54) is 25.3 Å². The number of carbonyl (C=O) groups is 1. The molecule has 0 spiro atoms. The largest absolute Gasteiger partial charge is 0.426 e. The molecule has 32 heavy (non-hydrogen) atoms. The van der Waals surface area contributed by atoms with Crippen LogP contribution in [0.4, 0.5) is 4.39 Å². The molecule has 0 bridgehead atoms. The molecule has 1 aliphatic rings. The third-order valence-corrected chi connectivity index (χ3v) is 5.94. The van der Waals surface area contributed by atoms with Gasteiger partial charge in [0.2, 0.25) is 0 Å². The maximum atomic E-state index is 14.5. The maximum absolute atomic E-state index is 14.5. The minimum absolute atomic E-state index is 0.0830. The van der Waals surface area contributed by atoms with Gasteiger partial charge in [0, 0.05) is 23.6 Å². The van der Waals surface area contributed by atoms with Gasteiger partial charge in [-0.1, -0.05) is 56.8 Å². The van der Waals surface area contributed by atoms with Crippen molar-refractivity contribution in [1.82, 2.24) is 0 Å². The van der Waals surface area contributed by atoms with Crippen LogP contribution in [0.5, 0.6) is 5.75 Å². The predicted molar refractivity (Wildman–Crippen MR) is 127 cm³/mol. The first-order valence-corrected chi connectivity index (χ1v) is 11.7. The molecule has 1 aliphatic carbocycles. The Hall–Kier alpha value is -3.04. The van der Waals surface area contributed by atoms with Gasteiger partial charge in [0.1, 0.15) is 11.6 Å². The van der Waals surface area contributed by atoms with Crippen LogP contribution in [0.3, 0.4) is 0 Å². The lowest BCUT2D eigenvalue weighted by molar-refractivity contribution is -0.140. The van der Waals surface area contributed by atoms with E-state index in [4.69, 9.17) is 4.74 Å². The van der Waals surface area contributed by atoms with E-state index < -0.39 is 5.82 Å². The molecule has 0 saturated heterocycles. The van der Waals surface area contributed by atoms with Crippen LogP contribution in [0.15, 0.2) is 42.5 Å². The van der Waals surface area contributed by atoms with Gasteiger partial charge in [-0.15, -0.1) is 0 Å². The molecule has 0 aromatic heterocycles. The summed E-state index contributed by atoms with van der Waals surface area (Å²) in [6, 6.07) is 12.0. The summed E-state index contributed by atoms with van der Waals surface area (Å²) in [4.78, 5) is 12.5. The monoisotopic (exact) mass is 430 g/mol. The number of hydrogen-bond acceptors (Lipinski definition) is 2. The third kappa shape index (κ3) is 7.00. The van der Waals surface area contributed by atoms with Crippen LogP contribution in [-0.4, -0.2) is 5.97 Å². The van der Waals surface area contributed by atoms with Crippen LogP contribution in [0, 0.1) is 41.3 Å². The summed E-state index contributed by atoms with van der Waals surface area (Å²) in [5, 5.41) is 0. The Bertz CT molecular complexity index is 1020. The van der Waals surface area contributed by atoms with E-state index >= 15 is 0 Å². The van der Waals surface area contributed by atoms with Crippen LogP contribution >= 0.6 is 0 Å². The SMILES string of the molecule is CCC#Cc1ccc(C#Cc2ccc(OC(=O)[C@H]3CC[C@H](CCCC)CC3)cc2F)cc1. The van der Waals surface area contributed by atoms with Gasteiger partial charge in [0.05, 0.1) is 11.5 Å². The molecule has 2 aromatic rings. The number of rotatable bonds is 5. The van der Waals surface area contributed by atoms with Crippen molar-refractivity contribution >= 4 is 5.97 Å². The molecule has 0 heterocycles. The number of benzene rings is 2. The van der Waals surface area contributed by atoms with Crippen LogP contribution in [0.1, 0.15) is 81.9 Å². The lowest BCUT2D eigenvalue weighted by Gasteiger charge is -2.27. The Morgan fingerprint density at radius 2 is 1.66 bits per heavy atom. The van der Waals surface area contributed by atoms with Crippen molar-refractivity contribution in [3.63, 3.8) is 0 Å². The van der Waals surface area contributed by atoms with Gasteiger partial charge in [-0.05, 0) is 68.0 Å². The highest BCUT2D eigenvalue weighted by atomic mass is 19.1. The Morgan fingerprint density at radius 3 is 2.28 bits per heavy atom. The average Bonchev–Trinajstić information content (AvgIpc) is 2.82. The van der Waals surface area contributed by atoms with E-state index in [2.05, 4.69) is 30.6 Å². The molecule has 0 amide bonds. The number of ether oxygens (including phenoxy) is 1. The lowest BCUT2D eigenvalue weighted by Crippen LogP contribution is -2.25. The molecule has 0 N–H and O–H groups in total. The first kappa shape index (κ1) is 23.6. The van der Waals surface area contributed by atoms with Crippen molar-refractivity contribution in [2.24, 2.45) is 11.8 Å². The number of hydrogen-bond donors (Lipinski definition) is 0. The van der Waals surface area contributed by atoms with Gasteiger partial charge in [-0.3, -0.25) is 4.79 Å². The Morgan fingerprint density at radius 1 is 0.969 bits per heavy atom. The van der Waals surface area contributed by atoms with Crippen molar-refractivity contribution in [1.29, 1.82) is 0 Å². The van der Waals surface area contributed by atoms with E-state index in [0.29, 0.717) is 0 Å². The summed E-state index contributed by atoms with van der Waals surface area (Å²) in [6.45, 7) is 4.22. The number of esters is 1. The van der Waals surface area contributed by atoms with Crippen molar-refractivity contribution in [2.45, 2.75) is 65.2 Å². The molecule has 1 saturated carbocycles. The minimum atomic E-state index is -0.489. The smallest absolute Gasteiger partial charge is 0.314 e. The van der Waals surface area contributed by atoms with Crippen LogP contribution in [0.2, 0.25) is 0 Å². The van der Waals surface area contributed by atoms with Crippen molar-refractivity contribution in [2.75, 3.05) is 0 Å². The van der Waals surface area contributed by atoms with Crippen LogP contribution in [-0.2, 0) is 4.79 Å². The first-order chi connectivity index (χ1) is 15.6. The third-order valence-electron chi connectivity index (χ3n) is 5.94. The number of unbranched alkanes of at least 4 members (excludes halogenated alkanes) is 1. The fraction of sp³-hybridized carbons (Fsp3) is 0.414. The zero-order valence-electron chi connectivity index (χ0n) is 19.0. The van der Waals surface area contributed by atoms with Gasteiger partial charge < -0.3 is 4.74 Å². The standard InChI is InChI=1S/C29H31FO2/c1-3-5-7-22-9-11-24(12-10-22)13-16-25-19-20-27(21-28(25)30)32-29(31)26-17-14-23(15-18-26)8-6-4-2/h9-12,19-21,23,26H,3-4,6,8,14-15,17-18H2,1-2H3/t23-,26-. The maximum Gasteiger partial charge on any atom is 0.314 e. The van der Waals surface area contributed by atoms with E-state index in [0.717, 1.165) is 49.1 Å². The highest BCUT2D eigenvalue weighted by Crippen LogP contribution is 2.33. The summed E-state index contributed by atoms with van der Waals surface area (Å²) in [5.74, 6) is 12.1. The molecular formula is C29H31FO2. The van der Waals surface area contributed by atoms with Gasteiger partial charge in [-0.2, -0.15) is 0 Å². The zero-order chi connectivity index (χ0) is 22.8. The number of halogens is 1. The fourth-order valence-corrected chi connectivity index (χ4v) is 4.01. The Kier molecular flexibility index (Phi) is 8.94. The highest BCUT2D eigenvalue weighted by molar-refractivity contribution is 5.75. The molecule has 3 rings (SSSR count). The molecule has 0 atom stereocenters. The van der Waals surface area contributed by atoms with Gasteiger partial charge in [0.15, 0.2) is 0 Å². The molecule has 2 nitrogen and oxygen atoms in total. The second-order valence-electron chi connectivity index (χ2n) is 8.41. The van der Waals surface area contributed by atoms with Crippen LogP contribution < -0.4 is 4.74 Å². The molecule has 2 aromatic carbocycles. The number of carbonyl (C=O) groups excluding carboxylic acids is 1. The van der Waals surface area contributed by atoms with Crippen molar-refractivity contribution < 1.29 is 13.9 Å². The summed E-state index contributed by atoms with van der Waals surface area (Å²) in [7, 11) is 0. The van der Waals surface area contributed by atoms with Crippen molar-refractivity contribution in [3.05, 3.63) is 65.0 Å². The Balaban J connectivity index is 1.56. The normalized spacial score (nSPS) is 17.5. The zero-order valence-corrected chi connectivity index (χ0v) is 19.0. The van der Waals surface area contributed by atoms with E-state index in [1.54, 1.807) is 12.1 Å². The van der Waals surface area contributed by atoms with Gasteiger partial charge >= 0.3 is 5.97 Å². The fourth-order valence-electron chi connectivity index (χ4n) is 4.01. The minimum Gasteiger partial charge on any atom is -0.426 e. The quantitative estimate of drug-likeness (QED) is 0.293. The van der Waals surface area contributed by atoms with Gasteiger partial charge in [0.25, 0.3) is 0 Å².